The molecule has 2 aromatic rings. The van der Waals surface area contributed by atoms with Gasteiger partial charge in [-0.3, -0.25) is 10.1 Å². The number of benzene rings is 2. The smallest absolute Gasteiger partial charge is 0.312 e. The van der Waals surface area contributed by atoms with E-state index in [2.05, 4.69) is 15.9 Å². The van der Waals surface area contributed by atoms with Crippen LogP contribution in [0, 0.1) is 15.9 Å². The summed E-state index contributed by atoms with van der Waals surface area (Å²) in [6.45, 7) is 1.61. The van der Waals surface area contributed by atoms with E-state index in [1.165, 1.54) is 30.3 Å². The largest absolute Gasteiger partial charge is 0.450 e. The van der Waals surface area contributed by atoms with Gasteiger partial charge in [0.05, 0.1) is 4.92 Å². The van der Waals surface area contributed by atoms with Crippen molar-refractivity contribution in [3.05, 3.63) is 62.4 Å². The van der Waals surface area contributed by atoms with Crippen molar-refractivity contribution in [1.82, 2.24) is 0 Å². The first-order chi connectivity index (χ1) is 9.90. The maximum absolute atomic E-state index is 13.8. The van der Waals surface area contributed by atoms with Gasteiger partial charge in [0, 0.05) is 22.1 Å². The normalized spacial score (nSPS) is 12.0. The molecule has 0 aliphatic carbocycles. The van der Waals surface area contributed by atoms with E-state index in [9.17, 15) is 14.5 Å². The summed E-state index contributed by atoms with van der Waals surface area (Å²) in [4.78, 5) is 10.5. The SMILES string of the molecule is C[C@H](N)c1c(F)cccc1Oc1ccc(Br)cc1[N+](=O)[O-]. The Morgan fingerprint density at radius 1 is 1.33 bits per heavy atom. The van der Waals surface area contributed by atoms with E-state index in [1.807, 2.05) is 0 Å². The molecular formula is C14H12BrFN2O3. The molecule has 0 amide bonds. The van der Waals surface area contributed by atoms with E-state index in [0.717, 1.165) is 0 Å². The van der Waals surface area contributed by atoms with Gasteiger partial charge in [0.1, 0.15) is 11.6 Å². The van der Waals surface area contributed by atoms with Crippen LogP contribution in [0.3, 0.4) is 0 Å². The average molecular weight is 355 g/mol. The molecule has 21 heavy (non-hydrogen) atoms. The average Bonchev–Trinajstić information content (AvgIpc) is 2.40. The monoisotopic (exact) mass is 354 g/mol. The van der Waals surface area contributed by atoms with Crippen LogP contribution in [0.4, 0.5) is 10.1 Å². The van der Waals surface area contributed by atoms with Gasteiger partial charge in [0.25, 0.3) is 0 Å². The van der Waals surface area contributed by atoms with E-state index < -0.39 is 16.8 Å². The molecule has 0 saturated carbocycles. The third-order valence-electron chi connectivity index (χ3n) is 2.81. The molecule has 0 saturated heterocycles. The third-order valence-corrected chi connectivity index (χ3v) is 3.30. The van der Waals surface area contributed by atoms with E-state index >= 15 is 0 Å². The van der Waals surface area contributed by atoms with Crippen LogP contribution in [-0.2, 0) is 0 Å². The van der Waals surface area contributed by atoms with Crippen LogP contribution in [0.1, 0.15) is 18.5 Å². The number of hydrogen-bond acceptors (Lipinski definition) is 4. The summed E-state index contributed by atoms with van der Waals surface area (Å²) in [5.41, 5.74) is 5.69. The fourth-order valence-corrected chi connectivity index (χ4v) is 2.24. The van der Waals surface area contributed by atoms with Crippen LogP contribution < -0.4 is 10.5 Å². The standard InChI is InChI=1S/C14H12BrFN2O3/c1-8(17)14-10(16)3-2-4-13(14)21-12-6-5-9(15)7-11(12)18(19)20/h2-8H,17H2,1H3/t8-/m0/s1. The lowest BCUT2D eigenvalue weighted by atomic mass is 10.1. The number of hydrogen-bond donors (Lipinski definition) is 1. The van der Waals surface area contributed by atoms with E-state index in [1.54, 1.807) is 13.0 Å². The fourth-order valence-electron chi connectivity index (χ4n) is 1.89. The van der Waals surface area contributed by atoms with Crippen LogP contribution in [0.5, 0.6) is 11.5 Å². The Bertz CT molecular complexity index is 692. The van der Waals surface area contributed by atoms with Crippen LogP contribution in [0.25, 0.3) is 0 Å². The van der Waals surface area contributed by atoms with Crippen LogP contribution in [-0.4, -0.2) is 4.92 Å². The summed E-state index contributed by atoms with van der Waals surface area (Å²) >= 11 is 3.16. The van der Waals surface area contributed by atoms with E-state index in [-0.39, 0.29) is 22.7 Å². The van der Waals surface area contributed by atoms with Gasteiger partial charge in [-0.25, -0.2) is 4.39 Å². The van der Waals surface area contributed by atoms with Gasteiger partial charge in [0.15, 0.2) is 0 Å². The zero-order valence-corrected chi connectivity index (χ0v) is 12.6. The van der Waals surface area contributed by atoms with Crippen LogP contribution in [0.15, 0.2) is 40.9 Å². The minimum atomic E-state index is -0.601. The van der Waals surface area contributed by atoms with E-state index in [0.29, 0.717) is 4.47 Å². The summed E-state index contributed by atoms with van der Waals surface area (Å²) in [5, 5.41) is 11.1. The number of rotatable bonds is 4. The highest BCUT2D eigenvalue weighted by atomic mass is 79.9. The molecule has 1 atom stereocenters. The van der Waals surface area contributed by atoms with Gasteiger partial charge < -0.3 is 10.5 Å². The Hall–Kier alpha value is -1.99. The summed E-state index contributed by atoms with van der Waals surface area (Å²) in [5.74, 6) is -0.326. The molecule has 0 unspecified atom stereocenters. The molecule has 110 valence electrons. The quantitative estimate of drug-likeness (QED) is 0.655. The highest BCUT2D eigenvalue weighted by Crippen LogP contribution is 2.36. The highest BCUT2D eigenvalue weighted by Gasteiger charge is 2.20. The van der Waals surface area contributed by atoms with E-state index in [4.69, 9.17) is 10.5 Å². The second-order valence-electron chi connectivity index (χ2n) is 4.41. The van der Waals surface area contributed by atoms with Crippen LogP contribution >= 0.6 is 15.9 Å². The van der Waals surface area contributed by atoms with Crippen molar-refractivity contribution in [2.45, 2.75) is 13.0 Å². The maximum atomic E-state index is 13.8. The Kier molecular flexibility index (Phi) is 4.54. The van der Waals surface area contributed by atoms with Crippen molar-refractivity contribution in [2.75, 3.05) is 0 Å². The Morgan fingerprint density at radius 2 is 2.05 bits per heavy atom. The molecule has 0 aliphatic heterocycles. The minimum absolute atomic E-state index is 0.0238. The van der Waals surface area contributed by atoms with Crippen molar-refractivity contribution < 1.29 is 14.1 Å². The first-order valence-corrected chi connectivity index (χ1v) is 6.85. The molecule has 2 N–H and O–H groups in total. The molecule has 0 fully saturated rings. The first-order valence-electron chi connectivity index (χ1n) is 6.06. The fraction of sp³-hybridized carbons (Fsp3) is 0.143. The number of nitrogens with two attached hydrogens (primary N) is 1. The molecule has 2 rings (SSSR count). The van der Waals surface area contributed by atoms with Gasteiger partial charge >= 0.3 is 5.69 Å². The molecule has 0 aromatic heterocycles. The lowest BCUT2D eigenvalue weighted by Crippen LogP contribution is -2.09. The Morgan fingerprint density at radius 3 is 2.67 bits per heavy atom. The van der Waals surface area contributed by atoms with Crippen molar-refractivity contribution in [3.8, 4) is 11.5 Å². The Balaban J connectivity index is 2.49. The number of nitro benzene ring substituents is 1. The predicted molar refractivity (Wildman–Crippen MR) is 79.9 cm³/mol. The summed E-state index contributed by atoms with van der Waals surface area (Å²) in [6, 6.07) is 8.01. The molecule has 7 heteroatoms. The molecule has 0 radical (unpaired) electrons. The summed E-state index contributed by atoms with van der Waals surface area (Å²) < 4.78 is 19.9. The van der Waals surface area contributed by atoms with Gasteiger partial charge in [-0.2, -0.15) is 0 Å². The molecule has 0 spiro atoms. The van der Waals surface area contributed by atoms with Gasteiger partial charge in [-0.1, -0.05) is 22.0 Å². The molecule has 5 nitrogen and oxygen atoms in total. The van der Waals surface area contributed by atoms with Crippen molar-refractivity contribution in [1.29, 1.82) is 0 Å². The number of ether oxygens (including phenoxy) is 1. The van der Waals surface area contributed by atoms with Gasteiger partial charge in [0.2, 0.25) is 5.75 Å². The van der Waals surface area contributed by atoms with Crippen molar-refractivity contribution >= 4 is 21.6 Å². The second kappa shape index (κ2) is 6.19. The second-order valence-corrected chi connectivity index (χ2v) is 5.33. The first kappa shape index (κ1) is 15.4. The maximum Gasteiger partial charge on any atom is 0.312 e. The number of nitrogens with zero attached hydrogens (tertiary/aromatic N) is 1. The number of halogens is 2. The van der Waals surface area contributed by atoms with Crippen molar-refractivity contribution in [3.63, 3.8) is 0 Å². The molecule has 0 bridgehead atoms. The third kappa shape index (κ3) is 3.37. The Labute approximate surface area is 128 Å². The minimum Gasteiger partial charge on any atom is -0.450 e. The lowest BCUT2D eigenvalue weighted by molar-refractivity contribution is -0.385. The molecule has 0 aliphatic rings. The van der Waals surface area contributed by atoms with Crippen molar-refractivity contribution in [2.24, 2.45) is 5.73 Å². The summed E-state index contributed by atoms with van der Waals surface area (Å²) in [6.07, 6.45) is 0. The lowest BCUT2D eigenvalue weighted by Gasteiger charge is -2.14. The number of nitro groups is 1. The van der Waals surface area contributed by atoms with Gasteiger partial charge in [-0.15, -0.1) is 0 Å². The topological polar surface area (TPSA) is 78.4 Å². The predicted octanol–water partition coefficient (Wildman–Crippen LogP) is 4.31. The zero-order chi connectivity index (χ0) is 15.6. The van der Waals surface area contributed by atoms with Gasteiger partial charge in [-0.05, 0) is 31.2 Å². The summed E-state index contributed by atoms with van der Waals surface area (Å²) in [7, 11) is 0. The molecule has 0 heterocycles. The molecular weight excluding hydrogens is 343 g/mol. The van der Waals surface area contributed by atoms with Crippen LogP contribution in [0.2, 0.25) is 0 Å². The molecule has 2 aromatic carbocycles. The highest BCUT2D eigenvalue weighted by molar-refractivity contribution is 9.10. The zero-order valence-electron chi connectivity index (χ0n) is 11.0.